The van der Waals surface area contributed by atoms with Crippen molar-refractivity contribution in [3.8, 4) is 0 Å². The summed E-state index contributed by atoms with van der Waals surface area (Å²) in [7, 11) is 0. The van der Waals surface area contributed by atoms with Crippen LogP contribution in [-0.2, 0) is 0 Å². The first-order chi connectivity index (χ1) is 8.10. The molecule has 0 spiro atoms. The molecule has 0 saturated heterocycles. The van der Waals surface area contributed by atoms with Gasteiger partial charge in [-0.2, -0.15) is 0 Å². The lowest BCUT2D eigenvalue weighted by Crippen LogP contribution is -2.41. The lowest BCUT2D eigenvalue weighted by molar-refractivity contribution is 0.0933. The van der Waals surface area contributed by atoms with Gasteiger partial charge in [0, 0.05) is 28.2 Å². The molecule has 0 heterocycles. The third-order valence-electron chi connectivity index (χ3n) is 2.89. The molecule has 0 aromatic heterocycles. The van der Waals surface area contributed by atoms with Crippen LogP contribution in [0.5, 0.6) is 0 Å². The lowest BCUT2D eigenvalue weighted by Gasteiger charge is -2.16. The van der Waals surface area contributed by atoms with Crippen LogP contribution in [0.4, 0.5) is 0 Å². The third-order valence-corrected chi connectivity index (χ3v) is 3.32. The molecule has 100 valence electrons. The van der Waals surface area contributed by atoms with Crippen LogP contribution in [0, 0.1) is 5.92 Å². The SMILES string of the molecule is Cl.NCC(NC(=O)c1cc(Cl)cc(Cl)c1)C1CC1. The van der Waals surface area contributed by atoms with Gasteiger partial charge in [-0.3, -0.25) is 4.79 Å². The Morgan fingerprint density at radius 3 is 2.33 bits per heavy atom. The number of hydrogen-bond donors (Lipinski definition) is 2. The standard InChI is InChI=1S/C12H14Cl2N2O.ClH/c13-9-3-8(4-10(14)5-9)12(17)16-11(6-15)7-1-2-7;/h3-5,7,11H,1-2,6,15H2,(H,16,17);1H. The number of carbonyl (C=O) groups is 1. The van der Waals surface area contributed by atoms with Crippen LogP contribution in [0.1, 0.15) is 23.2 Å². The Morgan fingerprint density at radius 2 is 1.89 bits per heavy atom. The predicted octanol–water partition coefficient (Wildman–Crippen LogP) is 2.88. The molecule has 1 fully saturated rings. The molecule has 0 radical (unpaired) electrons. The van der Waals surface area contributed by atoms with Gasteiger partial charge in [-0.05, 0) is 37.0 Å². The smallest absolute Gasteiger partial charge is 0.251 e. The molecule has 18 heavy (non-hydrogen) atoms. The Hall–Kier alpha value is -0.480. The summed E-state index contributed by atoms with van der Waals surface area (Å²) in [6.07, 6.45) is 2.27. The van der Waals surface area contributed by atoms with Crippen molar-refractivity contribution < 1.29 is 4.79 Å². The fourth-order valence-electron chi connectivity index (χ4n) is 1.80. The number of carbonyl (C=O) groups excluding carboxylic acids is 1. The minimum absolute atomic E-state index is 0. The van der Waals surface area contributed by atoms with Crippen molar-refractivity contribution in [1.82, 2.24) is 5.32 Å². The Labute approximate surface area is 122 Å². The fraction of sp³-hybridized carbons (Fsp3) is 0.417. The molecular weight excluding hydrogens is 295 g/mol. The number of hydrogen-bond acceptors (Lipinski definition) is 2. The van der Waals surface area contributed by atoms with Crippen LogP contribution in [0.2, 0.25) is 10.0 Å². The molecule has 6 heteroatoms. The molecule has 3 nitrogen and oxygen atoms in total. The molecule has 3 N–H and O–H groups in total. The van der Waals surface area contributed by atoms with Gasteiger partial charge in [-0.1, -0.05) is 23.2 Å². The van der Waals surface area contributed by atoms with Gasteiger partial charge in [0.05, 0.1) is 0 Å². The molecule has 1 atom stereocenters. The van der Waals surface area contributed by atoms with E-state index in [4.69, 9.17) is 28.9 Å². The first kappa shape index (κ1) is 15.6. The number of benzene rings is 1. The summed E-state index contributed by atoms with van der Waals surface area (Å²) < 4.78 is 0. The molecule has 1 aliphatic carbocycles. The van der Waals surface area contributed by atoms with Gasteiger partial charge in [0.2, 0.25) is 0 Å². The predicted molar refractivity (Wildman–Crippen MR) is 76.7 cm³/mol. The van der Waals surface area contributed by atoms with E-state index >= 15 is 0 Å². The van der Waals surface area contributed by atoms with Crippen molar-refractivity contribution in [2.75, 3.05) is 6.54 Å². The maximum atomic E-state index is 12.0. The first-order valence-corrected chi connectivity index (χ1v) is 6.33. The molecule has 1 aromatic carbocycles. The summed E-state index contributed by atoms with van der Waals surface area (Å²) in [6.45, 7) is 0.463. The van der Waals surface area contributed by atoms with Gasteiger partial charge >= 0.3 is 0 Å². The van der Waals surface area contributed by atoms with Gasteiger partial charge in [-0.25, -0.2) is 0 Å². The molecular formula is C12H15Cl3N2O. The molecule has 1 aliphatic rings. The van der Waals surface area contributed by atoms with Crippen LogP contribution in [0.25, 0.3) is 0 Å². The van der Waals surface area contributed by atoms with E-state index in [1.807, 2.05) is 0 Å². The molecule has 0 bridgehead atoms. The second kappa shape index (κ2) is 6.62. The van der Waals surface area contributed by atoms with E-state index in [1.54, 1.807) is 18.2 Å². The molecule has 1 unspecified atom stereocenters. The van der Waals surface area contributed by atoms with Crippen molar-refractivity contribution >= 4 is 41.5 Å². The van der Waals surface area contributed by atoms with E-state index < -0.39 is 0 Å². The van der Waals surface area contributed by atoms with E-state index in [-0.39, 0.29) is 24.4 Å². The summed E-state index contributed by atoms with van der Waals surface area (Å²) in [4.78, 5) is 12.0. The van der Waals surface area contributed by atoms with Crippen molar-refractivity contribution in [3.05, 3.63) is 33.8 Å². The number of rotatable bonds is 4. The maximum absolute atomic E-state index is 12.0. The zero-order chi connectivity index (χ0) is 12.4. The van der Waals surface area contributed by atoms with Crippen molar-refractivity contribution in [2.45, 2.75) is 18.9 Å². The average molecular weight is 310 g/mol. The van der Waals surface area contributed by atoms with E-state index in [1.165, 1.54) is 0 Å². The monoisotopic (exact) mass is 308 g/mol. The third kappa shape index (κ3) is 4.02. The Balaban J connectivity index is 0.00000162. The summed E-state index contributed by atoms with van der Waals surface area (Å²) in [5, 5.41) is 3.83. The summed E-state index contributed by atoms with van der Waals surface area (Å²) in [5.74, 6) is 0.357. The summed E-state index contributed by atoms with van der Waals surface area (Å²) >= 11 is 11.7. The van der Waals surface area contributed by atoms with E-state index in [9.17, 15) is 4.79 Å². The largest absolute Gasteiger partial charge is 0.348 e. The molecule has 1 saturated carbocycles. The minimum atomic E-state index is -0.170. The lowest BCUT2D eigenvalue weighted by atomic mass is 10.1. The van der Waals surface area contributed by atoms with Crippen LogP contribution in [0.15, 0.2) is 18.2 Å². The quantitative estimate of drug-likeness (QED) is 0.898. The second-order valence-electron chi connectivity index (χ2n) is 4.31. The van der Waals surface area contributed by atoms with E-state index in [0.29, 0.717) is 28.1 Å². The molecule has 1 amide bonds. The zero-order valence-electron chi connectivity index (χ0n) is 9.66. The van der Waals surface area contributed by atoms with Crippen LogP contribution < -0.4 is 11.1 Å². The molecule has 1 aromatic rings. The topological polar surface area (TPSA) is 55.1 Å². The highest BCUT2D eigenvalue weighted by atomic mass is 35.5. The maximum Gasteiger partial charge on any atom is 0.251 e. The van der Waals surface area contributed by atoms with E-state index in [0.717, 1.165) is 12.8 Å². The van der Waals surface area contributed by atoms with E-state index in [2.05, 4.69) is 5.32 Å². The zero-order valence-corrected chi connectivity index (χ0v) is 12.0. The van der Waals surface area contributed by atoms with Crippen molar-refractivity contribution in [2.24, 2.45) is 11.7 Å². The summed E-state index contributed by atoms with van der Waals surface area (Å²) in [5.41, 5.74) is 6.11. The van der Waals surface area contributed by atoms with Gasteiger partial charge in [-0.15, -0.1) is 12.4 Å². The number of nitrogens with one attached hydrogen (secondary N) is 1. The first-order valence-electron chi connectivity index (χ1n) is 5.57. The highest BCUT2D eigenvalue weighted by Crippen LogP contribution is 2.32. The Morgan fingerprint density at radius 1 is 1.33 bits per heavy atom. The van der Waals surface area contributed by atoms with Crippen LogP contribution in [0.3, 0.4) is 0 Å². The van der Waals surface area contributed by atoms with Gasteiger partial charge in [0.15, 0.2) is 0 Å². The van der Waals surface area contributed by atoms with Gasteiger partial charge in [0.1, 0.15) is 0 Å². The highest BCUT2D eigenvalue weighted by Gasteiger charge is 2.31. The molecule has 0 aliphatic heterocycles. The minimum Gasteiger partial charge on any atom is -0.348 e. The second-order valence-corrected chi connectivity index (χ2v) is 5.18. The number of amides is 1. The molecule has 2 rings (SSSR count). The van der Waals surface area contributed by atoms with Crippen LogP contribution in [-0.4, -0.2) is 18.5 Å². The summed E-state index contributed by atoms with van der Waals surface area (Å²) in [6, 6.07) is 4.86. The Bertz CT molecular complexity index is 415. The van der Waals surface area contributed by atoms with Crippen molar-refractivity contribution in [3.63, 3.8) is 0 Å². The van der Waals surface area contributed by atoms with Crippen LogP contribution >= 0.6 is 35.6 Å². The Kier molecular flexibility index (Phi) is 5.73. The number of halogens is 3. The van der Waals surface area contributed by atoms with Gasteiger partial charge < -0.3 is 11.1 Å². The average Bonchev–Trinajstić information content (AvgIpc) is 3.08. The van der Waals surface area contributed by atoms with Crippen molar-refractivity contribution in [1.29, 1.82) is 0 Å². The normalized spacial score (nSPS) is 15.7. The number of nitrogens with two attached hydrogens (primary N) is 1. The van der Waals surface area contributed by atoms with Gasteiger partial charge in [0.25, 0.3) is 5.91 Å². The highest BCUT2D eigenvalue weighted by molar-refractivity contribution is 6.35. The fourth-order valence-corrected chi connectivity index (χ4v) is 2.33.